The van der Waals surface area contributed by atoms with E-state index in [1.807, 2.05) is 24.3 Å². The first-order chi connectivity index (χ1) is 23.9. The van der Waals surface area contributed by atoms with Gasteiger partial charge in [0.15, 0.2) is 11.6 Å². The van der Waals surface area contributed by atoms with Gasteiger partial charge in [0.05, 0.1) is 22.7 Å². The molecule has 6 unspecified atom stereocenters. The van der Waals surface area contributed by atoms with Crippen LogP contribution < -0.4 is 14.6 Å². The lowest BCUT2D eigenvalue weighted by Gasteiger charge is -2.57. The van der Waals surface area contributed by atoms with E-state index in [4.69, 9.17) is 18.9 Å². The van der Waals surface area contributed by atoms with Gasteiger partial charge in [-0.2, -0.15) is 0 Å². The van der Waals surface area contributed by atoms with Crippen LogP contribution in [0.5, 0.6) is 11.5 Å². The molecular formula is C35H31FI2O11S-2. The monoisotopic (exact) mass is 932 g/mol. The number of carbonyl (C=O) groups is 3. The Bertz CT molecular complexity index is 1900. The SMILES string of the molecule is O=C([O-])c1ccc(OCCOC(=O)C2C(C(=O)OCCOc3cc(I)c(S(=O)(=O)[O-])c(I)c3)C3c4ccccc4C2C2CCCCC23)c(F)c1. The minimum absolute atomic E-state index is 0.0577. The highest BCUT2D eigenvalue weighted by atomic mass is 127. The molecule has 2 bridgehead atoms. The molecule has 0 saturated heterocycles. The molecule has 3 aromatic rings. The highest BCUT2D eigenvalue weighted by Crippen LogP contribution is 2.64. The summed E-state index contributed by atoms with van der Waals surface area (Å²) in [6, 6.07) is 13.8. The molecule has 4 aliphatic rings. The molecule has 7 rings (SSSR count). The van der Waals surface area contributed by atoms with Crippen molar-refractivity contribution in [2.24, 2.45) is 23.7 Å². The normalized spacial score (nSPS) is 23.7. The Morgan fingerprint density at radius 2 is 1.30 bits per heavy atom. The fraction of sp³-hybridized carbons (Fsp3) is 0.400. The summed E-state index contributed by atoms with van der Waals surface area (Å²) in [7, 11) is -4.67. The summed E-state index contributed by atoms with van der Waals surface area (Å²) in [4.78, 5) is 38.6. The molecule has 4 aliphatic carbocycles. The van der Waals surface area contributed by atoms with Crippen LogP contribution in [-0.2, 0) is 29.2 Å². The number of fused-ring (bicyclic) bond motifs is 1. The zero-order chi connectivity index (χ0) is 35.7. The van der Waals surface area contributed by atoms with Gasteiger partial charge < -0.3 is 33.4 Å². The quantitative estimate of drug-likeness (QED) is 0.106. The Labute approximate surface area is 315 Å². The number of rotatable bonds is 12. The molecule has 3 aromatic carbocycles. The van der Waals surface area contributed by atoms with Crippen molar-refractivity contribution >= 4 is 73.2 Å². The van der Waals surface area contributed by atoms with E-state index in [2.05, 4.69) is 0 Å². The van der Waals surface area contributed by atoms with Crippen LogP contribution >= 0.6 is 45.2 Å². The summed E-state index contributed by atoms with van der Waals surface area (Å²) in [6.45, 7) is -0.639. The standard InChI is InChI=1S/C35H33FI2O11S/c36-24-15-18(33(39)40)9-10-27(24)47-12-14-49-35(42)31-29-22-7-3-1-5-20(22)28(21-6-2-4-8-23(21)29)30(31)34(41)48-13-11-46-19-16-25(37)32(26(38)17-19)50(43,44)45/h1,3,5,7,9-10,15-17,21,23,28-31H,2,4,6,8,11-14H2,(H,39,40)(H,43,44,45)/p-2. The molecular weight excluding hydrogens is 901 g/mol. The average molecular weight is 932 g/mol. The molecule has 0 aromatic heterocycles. The number of ether oxygens (including phenoxy) is 4. The van der Waals surface area contributed by atoms with Gasteiger partial charge in [0.2, 0.25) is 0 Å². The highest BCUT2D eigenvalue weighted by molar-refractivity contribution is 14.1. The van der Waals surface area contributed by atoms with Crippen LogP contribution in [0.4, 0.5) is 4.39 Å². The smallest absolute Gasteiger partial charge is 0.310 e. The third-order valence-electron chi connectivity index (χ3n) is 9.79. The molecule has 0 radical (unpaired) electrons. The van der Waals surface area contributed by atoms with Crippen LogP contribution in [0.1, 0.15) is 59.0 Å². The van der Waals surface area contributed by atoms with E-state index in [1.165, 1.54) is 12.1 Å². The van der Waals surface area contributed by atoms with Gasteiger partial charge in [-0.05, 0) is 111 Å². The summed E-state index contributed by atoms with van der Waals surface area (Å²) in [5.74, 6) is -5.25. The van der Waals surface area contributed by atoms with Crippen LogP contribution in [0, 0.1) is 36.6 Å². The molecule has 2 saturated carbocycles. The molecule has 0 N–H and O–H groups in total. The van der Waals surface area contributed by atoms with E-state index in [0.29, 0.717) is 5.75 Å². The summed E-state index contributed by atoms with van der Waals surface area (Å²) in [6.07, 6.45) is 3.90. The topological polar surface area (TPSA) is 168 Å². The van der Waals surface area contributed by atoms with Crippen molar-refractivity contribution < 1.29 is 55.8 Å². The zero-order valence-corrected chi connectivity index (χ0v) is 31.5. The van der Waals surface area contributed by atoms with Crippen LogP contribution in [0.15, 0.2) is 59.5 Å². The lowest BCUT2D eigenvalue weighted by Crippen LogP contribution is -2.55. The second-order valence-electron chi connectivity index (χ2n) is 12.5. The summed E-state index contributed by atoms with van der Waals surface area (Å²) in [5.41, 5.74) is 1.74. The first-order valence-electron chi connectivity index (χ1n) is 16.0. The summed E-state index contributed by atoms with van der Waals surface area (Å²) in [5, 5.41) is 11.0. The van der Waals surface area contributed by atoms with Crippen LogP contribution in [0.2, 0.25) is 0 Å². The Morgan fingerprint density at radius 1 is 0.780 bits per heavy atom. The van der Waals surface area contributed by atoms with Crippen molar-refractivity contribution in [3.05, 3.63) is 84.2 Å². The third kappa shape index (κ3) is 7.46. The van der Waals surface area contributed by atoms with Crippen LogP contribution in [0.3, 0.4) is 0 Å². The highest BCUT2D eigenvalue weighted by Gasteiger charge is 2.61. The first kappa shape index (κ1) is 36.8. The average Bonchev–Trinajstić information content (AvgIpc) is 3.07. The van der Waals surface area contributed by atoms with Crippen molar-refractivity contribution in [2.75, 3.05) is 26.4 Å². The number of benzene rings is 3. The van der Waals surface area contributed by atoms with E-state index >= 15 is 0 Å². The first-order valence-corrected chi connectivity index (χ1v) is 19.6. The van der Waals surface area contributed by atoms with Crippen molar-refractivity contribution in [2.45, 2.75) is 42.4 Å². The van der Waals surface area contributed by atoms with E-state index < -0.39 is 45.7 Å². The third-order valence-corrected chi connectivity index (χ3v) is 13.2. The van der Waals surface area contributed by atoms with Gasteiger partial charge in [-0.3, -0.25) is 9.59 Å². The van der Waals surface area contributed by atoms with E-state index in [0.717, 1.165) is 55.0 Å². The second kappa shape index (κ2) is 15.3. The van der Waals surface area contributed by atoms with Crippen molar-refractivity contribution in [1.82, 2.24) is 0 Å². The number of hydrogen-bond donors (Lipinski definition) is 0. The number of aromatic carboxylic acids is 1. The minimum Gasteiger partial charge on any atom is -0.744 e. The molecule has 2 fully saturated rings. The molecule has 50 heavy (non-hydrogen) atoms. The molecule has 0 heterocycles. The van der Waals surface area contributed by atoms with E-state index in [1.54, 1.807) is 45.2 Å². The fourth-order valence-electron chi connectivity index (χ4n) is 8.00. The Morgan fingerprint density at radius 3 is 1.78 bits per heavy atom. The van der Waals surface area contributed by atoms with Gasteiger partial charge in [0, 0.05) is 24.5 Å². The van der Waals surface area contributed by atoms with Crippen molar-refractivity contribution in [3.63, 3.8) is 0 Å². The molecule has 0 amide bonds. The van der Waals surface area contributed by atoms with Gasteiger partial charge in [0.1, 0.15) is 42.3 Å². The fourth-order valence-corrected chi connectivity index (χ4v) is 11.9. The molecule has 6 atom stereocenters. The van der Waals surface area contributed by atoms with Crippen molar-refractivity contribution in [1.29, 1.82) is 0 Å². The predicted octanol–water partition coefficient (Wildman–Crippen LogP) is 4.78. The molecule has 0 aliphatic heterocycles. The maximum atomic E-state index is 14.3. The maximum absolute atomic E-state index is 14.3. The number of carbonyl (C=O) groups excluding carboxylic acids is 3. The zero-order valence-electron chi connectivity index (χ0n) is 26.3. The van der Waals surface area contributed by atoms with E-state index in [-0.39, 0.29) is 73.4 Å². The molecule has 11 nitrogen and oxygen atoms in total. The van der Waals surface area contributed by atoms with Gasteiger partial charge in [-0.15, -0.1) is 0 Å². The largest absolute Gasteiger partial charge is 0.744 e. The van der Waals surface area contributed by atoms with Crippen molar-refractivity contribution in [3.8, 4) is 11.5 Å². The number of hydrogen-bond acceptors (Lipinski definition) is 11. The Balaban J connectivity index is 1.17. The summed E-state index contributed by atoms with van der Waals surface area (Å²) >= 11 is 3.50. The molecule has 0 spiro atoms. The Hall–Kier alpha value is -3.03. The van der Waals surface area contributed by atoms with Gasteiger partial charge in [-0.25, -0.2) is 12.8 Å². The summed E-state index contributed by atoms with van der Waals surface area (Å²) < 4.78 is 72.1. The van der Waals surface area contributed by atoms with E-state index in [9.17, 15) is 36.9 Å². The number of carboxylic acid groups (broad SMARTS) is 1. The molecule has 15 heteroatoms. The van der Waals surface area contributed by atoms with Crippen LogP contribution in [0.25, 0.3) is 0 Å². The lowest BCUT2D eigenvalue weighted by molar-refractivity contribution is -0.255. The van der Waals surface area contributed by atoms with Gasteiger partial charge in [0.25, 0.3) is 0 Å². The predicted molar refractivity (Wildman–Crippen MR) is 188 cm³/mol. The Kier molecular flexibility index (Phi) is 11.2. The second-order valence-corrected chi connectivity index (χ2v) is 16.1. The van der Waals surface area contributed by atoms with Gasteiger partial charge >= 0.3 is 11.9 Å². The molecule has 266 valence electrons. The number of esters is 2. The maximum Gasteiger partial charge on any atom is 0.310 e. The van der Waals surface area contributed by atoms with Gasteiger partial charge in [-0.1, -0.05) is 37.1 Å². The van der Waals surface area contributed by atoms with Crippen LogP contribution in [-0.4, -0.2) is 57.3 Å². The minimum atomic E-state index is -4.67. The lowest BCUT2D eigenvalue weighted by atomic mass is 9.46. The number of halogens is 3. The number of carboxylic acids is 1.